The van der Waals surface area contributed by atoms with Gasteiger partial charge in [-0.05, 0) is 19.8 Å². The van der Waals surface area contributed by atoms with Crippen molar-refractivity contribution in [2.75, 3.05) is 13.2 Å². The molecule has 1 fully saturated rings. The summed E-state index contributed by atoms with van der Waals surface area (Å²) in [5.41, 5.74) is 4.58. The van der Waals surface area contributed by atoms with Gasteiger partial charge in [0.25, 0.3) is 0 Å². The van der Waals surface area contributed by atoms with E-state index in [2.05, 4.69) is 4.74 Å². The van der Waals surface area contributed by atoms with Gasteiger partial charge < -0.3 is 15.2 Å². The second-order valence-electron chi connectivity index (χ2n) is 4.17. The molecule has 4 nitrogen and oxygen atoms in total. The number of hydrogen-bond donors (Lipinski definition) is 1. The van der Waals surface area contributed by atoms with E-state index in [9.17, 15) is 18.0 Å². The van der Waals surface area contributed by atoms with Crippen LogP contribution in [0.4, 0.5) is 13.2 Å². The van der Waals surface area contributed by atoms with E-state index in [0.717, 1.165) is 0 Å². The average Bonchev–Trinajstić information content (AvgIpc) is 2.58. The first-order valence-corrected chi connectivity index (χ1v) is 5.41. The van der Waals surface area contributed by atoms with Gasteiger partial charge in [-0.1, -0.05) is 0 Å². The minimum Gasteiger partial charge on any atom is -0.465 e. The lowest BCUT2D eigenvalue weighted by atomic mass is 9.99. The molecular weight excluding hydrogens is 239 g/mol. The van der Waals surface area contributed by atoms with Crippen LogP contribution in [0.2, 0.25) is 0 Å². The number of halogens is 3. The summed E-state index contributed by atoms with van der Waals surface area (Å²) in [4.78, 5) is 11.5. The highest BCUT2D eigenvalue weighted by Crippen LogP contribution is 2.32. The molecule has 0 aromatic rings. The van der Waals surface area contributed by atoms with E-state index >= 15 is 0 Å². The summed E-state index contributed by atoms with van der Waals surface area (Å²) in [6, 6.07) is 0. The third-order valence-electron chi connectivity index (χ3n) is 2.67. The number of ether oxygens (including phenoxy) is 2. The molecule has 0 aliphatic heterocycles. The quantitative estimate of drug-likeness (QED) is 0.771. The minimum absolute atomic E-state index is 0.0713. The van der Waals surface area contributed by atoms with Gasteiger partial charge in [0.2, 0.25) is 0 Å². The summed E-state index contributed by atoms with van der Waals surface area (Å²) in [5, 5.41) is 0. The van der Waals surface area contributed by atoms with E-state index in [-0.39, 0.29) is 19.4 Å². The maximum Gasteiger partial charge on any atom is 0.411 e. The first-order chi connectivity index (χ1) is 7.77. The lowest BCUT2D eigenvalue weighted by molar-refractivity contribution is -0.185. The zero-order valence-electron chi connectivity index (χ0n) is 9.55. The highest BCUT2D eigenvalue weighted by atomic mass is 19.4. The smallest absolute Gasteiger partial charge is 0.411 e. The molecule has 100 valence electrons. The van der Waals surface area contributed by atoms with Crippen molar-refractivity contribution in [3.05, 3.63) is 0 Å². The van der Waals surface area contributed by atoms with Gasteiger partial charge in [0, 0.05) is 6.42 Å². The Hall–Kier alpha value is -0.820. The van der Waals surface area contributed by atoms with Gasteiger partial charge in [0.15, 0.2) is 0 Å². The predicted molar refractivity (Wildman–Crippen MR) is 53.2 cm³/mol. The summed E-state index contributed by atoms with van der Waals surface area (Å²) in [6.45, 7) is 0.538. The fourth-order valence-electron chi connectivity index (χ4n) is 1.84. The SMILES string of the molecule is CCOC(=O)C1(N)CCC(OCC(F)(F)F)C1. The maximum absolute atomic E-state index is 11.9. The van der Waals surface area contributed by atoms with Crippen LogP contribution in [0.1, 0.15) is 26.2 Å². The van der Waals surface area contributed by atoms with E-state index in [1.54, 1.807) is 6.92 Å². The number of hydrogen-bond acceptors (Lipinski definition) is 4. The molecule has 1 aliphatic rings. The van der Waals surface area contributed by atoms with Crippen LogP contribution in [0.3, 0.4) is 0 Å². The number of alkyl halides is 3. The van der Waals surface area contributed by atoms with Crippen molar-refractivity contribution >= 4 is 5.97 Å². The van der Waals surface area contributed by atoms with Crippen LogP contribution < -0.4 is 5.73 Å². The Morgan fingerprint density at radius 3 is 2.71 bits per heavy atom. The van der Waals surface area contributed by atoms with Gasteiger partial charge in [-0.25, -0.2) is 0 Å². The maximum atomic E-state index is 11.9. The molecule has 0 amide bonds. The highest BCUT2D eigenvalue weighted by molar-refractivity contribution is 5.81. The fraction of sp³-hybridized carbons (Fsp3) is 0.900. The normalized spacial score (nSPS) is 29.4. The largest absolute Gasteiger partial charge is 0.465 e. The molecular formula is C10H16F3NO3. The van der Waals surface area contributed by atoms with E-state index in [0.29, 0.717) is 6.42 Å². The van der Waals surface area contributed by atoms with Crippen molar-refractivity contribution in [1.29, 1.82) is 0 Å². The molecule has 1 aliphatic carbocycles. The van der Waals surface area contributed by atoms with Crippen LogP contribution in [-0.2, 0) is 14.3 Å². The van der Waals surface area contributed by atoms with Crippen LogP contribution in [0.15, 0.2) is 0 Å². The Morgan fingerprint density at radius 1 is 1.53 bits per heavy atom. The van der Waals surface area contributed by atoms with Crippen molar-refractivity contribution < 1.29 is 27.4 Å². The molecule has 1 saturated carbocycles. The molecule has 0 heterocycles. The number of carbonyl (C=O) groups is 1. The molecule has 0 saturated heterocycles. The number of esters is 1. The van der Waals surface area contributed by atoms with Crippen LogP contribution in [-0.4, -0.2) is 37.0 Å². The number of carbonyl (C=O) groups excluding carboxylic acids is 1. The molecule has 0 radical (unpaired) electrons. The first kappa shape index (κ1) is 14.2. The average molecular weight is 255 g/mol. The molecule has 2 atom stereocenters. The Balaban J connectivity index is 2.43. The Kier molecular flexibility index (Phi) is 4.37. The van der Waals surface area contributed by atoms with Crippen LogP contribution in [0, 0.1) is 0 Å². The Bertz CT molecular complexity index is 282. The lowest BCUT2D eigenvalue weighted by Gasteiger charge is -2.21. The van der Waals surface area contributed by atoms with Crippen molar-refractivity contribution in [2.24, 2.45) is 5.73 Å². The van der Waals surface area contributed by atoms with Gasteiger partial charge >= 0.3 is 12.1 Å². The molecule has 1 rings (SSSR count). The van der Waals surface area contributed by atoms with Gasteiger partial charge in [-0.2, -0.15) is 13.2 Å². The summed E-state index contributed by atoms with van der Waals surface area (Å²) in [7, 11) is 0. The third kappa shape index (κ3) is 4.16. The van der Waals surface area contributed by atoms with Gasteiger partial charge in [0.1, 0.15) is 12.1 Å². The van der Waals surface area contributed by atoms with Crippen LogP contribution in [0.5, 0.6) is 0 Å². The topological polar surface area (TPSA) is 61.5 Å². The van der Waals surface area contributed by atoms with Crippen molar-refractivity contribution in [3.8, 4) is 0 Å². The predicted octanol–water partition coefficient (Wildman–Crippen LogP) is 1.38. The second kappa shape index (κ2) is 5.22. The molecule has 7 heteroatoms. The van der Waals surface area contributed by atoms with Gasteiger partial charge in [-0.15, -0.1) is 0 Å². The molecule has 0 aromatic heterocycles. The van der Waals surface area contributed by atoms with E-state index in [1.165, 1.54) is 0 Å². The summed E-state index contributed by atoms with van der Waals surface area (Å²) in [6.07, 6.45) is -4.29. The highest BCUT2D eigenvalue weighted by Gasteiger charge is 2.44. The van der Waals surface area contributed by atoms with Crippen molar-refractivity contribution in [3.63, 3.8) is 0 Å². The van der Waals surface area contributed by atoms with E-state index < -0.39 is 30.4 Å². The number of nitrogens with two attached hydrogens (primary N) is 1. The lowest BCUT2D eigenvalue weighted by Crippen LogP contribution is -2.47. The minimum atomic E-state index is -4.36. The van der Waals surface area contributed by atoms with Gasteiger partial charge in [0.05, 0.1) is 12.7 Å². The first-order valence-electron chi connectivity index (χ1n) is 5.41. The standard InChI is InChI=1S/C10H16F3NO3/c1-2-16-8(15)9(14)4-3-7(5-9)17-6-10(11,12)13/h7H,2-6,14H2,1H3. The Labute approximate surface area is 97.2 Å². The molecule has 17 heavy (non-hydrogen) atoms. The summed E-state index contributed by atoms with van der Waals surface area (Å²) < 4.78 is 45.3. The van der Waals surface area contributed by atoms with Gasteiger partial charge in [-0.3, -0.25) is 4.79 Å². The van der Waals surface area contributed by atoms with E-state index in [1.807, 2.05) is 0 Å². The molecule has 0 aromatic carbocycles. The summed E-state index contributed by atoms with van der Waals surface area (Å²) >= 11 is 0. The molecule has 2 unspecified atom stereocenters. The second-order valence-corrected chi connectivity index (χ2v) is 4.17. The summed E-state index contributed by atoms with van der Waals surface area (Å²) in [5.74, 6) is -0.571. The molecule has 2 N–H and O–H groups in total. The third-order valence-corrected chi connectivity index (χ3v) is 2.67. The monoisotopic (exact) mass is 255 g/mol. The number of rotatable bonds is 4. The zero-order chi connectivity index (χ0) is 13.1. The van der Waals surface area contributed by atoms with Crippen molar-refractivity contribution in [2.45, 2.75) is 44.0 Å². The van der Waals surface area contributed by atoms with E-state index in [4.69, 9.17) is 10.5 Å². The fourth-order valence-corrected chi connectivity index (χ4v) is 1.84. The van der Waals surface area contributed by atoms with Crippen molar-refractivity contribution in [1.82, 2.24) is 0 Å². The van der Waals surface area contributed by atoms with Crippen LogP contribution >= 0.6 is 0 Å². The zero-order valence-corrected chi connectivity index (χ0v) is 9.55. The Morgan fingerprint density at radius 2 is 2.18 bits per heavy atom. The molecule has 0 bridgehead atoms. The molecule has 0 spiro atoms. The van der Waals surface area contributed by atoms with Crippen LogP contribution in [0.25, 0.3) is 0 Å².